The number of anilines is 1. The Kier molecular flexibility index (Phi) is 22.1. The number of carbonyl (C=O) groups is 1. The van der Waals surface area contributed by atoms with Crippen LogP contribution >= 0.6 is 6.49 Å². The average Bonchev–Trinajstić information content (AvgIpc) is 3.44. The second kappa shape index (κ2) is 25.1. The van der Waals surface area contributed by atoms with Crippen LogP contribution in [0.1, 0.15) is 124 Å². The van der Waals surface area contributed by atoms with Crippen molar-refractivity contribution < 1.29 is 32.8 Å². The number of ether oxygens (including phenoxy) is 4. The Morgan fingerprint density at radius 1 is 0.851 bits per heavy atom. The standard InChI is InChI=1S/C33H60N5O7PS/c1-5-6-7-8-9-10-11-12-13-14-15-16-17-18-20-40-21-19-22-43-46(47,44-26-41-33(39)45-28(2)3)27-42-29(4)23-38-25-37-30-31(34)35-24-36-32(30)38/h24-25,28-29H,5-23,26-27H2,1-4H3,(H2,34,35,36)/t29-,46-/m1/s1. The number of unbranched alkanes of at least 4 members (excludes halogenated alkanes) is 13. The fraction of sp³-hybridized carbons (Fsp3) is 0.818. The fourth-order valence-corrected chi connectivity index (χ4v) is 6.76. The number of rotatable bonds is 29. The van der Waals surface area contributed by atoms with Gasteiger partial charge in [-0.1, -0.05) is 90.4 Å². The summed E-state index contributed by atoms with van der Waals surface area (Å²) in [5, 5.41) is 0. The average molecular weight is 702 g/mol. The van der Waals surface area contributed by atoms with Crippen molar-refractivity contribution in [3.05, 3.63) is 12.7 Å². The van der Waals surface area contributed by atoms with Gasteiger partial charge >= 0.3 is 6.16 Å². The second-order valence-electron chi connectivity index (χ2n) is 12.2. The smallest absolute Gasteiger partial charge is 0.432 e. The number of nitrogens with zero attached hydrogens (tertiary/aromatic N) is 4. The van der Waals surface area contributed by atoms with Gasteiger partial charge in [0.1, 0.15) is 18.2 Å². The van der Waals surface area contributed by atoms with Gasteiger partial charge in [-0.2, -0.15) is 0 Å². The predicted molar refractivity (Wildman–Crippen MR) is 190 cm³/mol. The summed E-state index contributed by atoms with van der Waals surface area (Å²) in [6, 6.07) is 0. The van der Waals surface area contributed by atoms with Crippen molar-refractivity contribution in [3.8, 4) is 0 Å². The van der Waals surface area contributed by atoms with Gasteiger partial charge in [-0.15, -0.1) is 0 Å². The molecular weight excluding hydrogens is 641 g/mol. The monoisotopic (exact) mass is 701 g/mol. The molecule has 2 rings (SSSR count). The molecule has 12 nitrogen and oxygen atoms in total. The van der Waals surface area contributed by atoms with Gasteiger partial charge in [0.05, 0.1) is 31.7 Å². The van der Waals surface area contributed by atoms with Crippen LogP contribution in [0.25, 0.3) is 11.2 Å². The molecule has 0 fully saturated rings. The maximum absolute atomic E-state index is 11.8. The largest absolute Gasteiger partial charge is 0.510 e. The summed E-state index contributed by atoms with van der Waals surface area (Å²) >= 11 is 5.73. The number of nitrogen functional groups attached to an aromatic ring is 1. The van der Waals surface area contributed by atoms with Crippen molar-refractivity contribution in [3.63, 3.8) is 0 Å². The molecule has 0 radical (unpaired) electrons. The highest BCUT2D eigenvalue weighted by Crippen LogP contribution is 2.49. The van der Waals surface area contributed by atoms with Crippen LogP contribution in [0.2, 0.25) is 0 Å². The molecule has 2 aromatic rings. The minimum Gasteiger partial charge on any atom is -0.432 e. The highest BCUT2D eigenvalue weighted by Gasteiger charge is 2.23. The highest BCUT2D eigenvalue weighted by atomic mass is 32.5. The molecule has 2 aromatic heterocycles. The Morgan fingerprint density at radius 3 is 2.11 bits per heavy atom. The normalized spacial score (nSPS) is 13.6. The molecule has 0 amide bonds. The van der Waals surface area contributed by atoms with Gasteiger partial charge in [-0.05, 0) is 45.4 Å². The lowest BCUT2D eigenvalue weighted by molar-refractivity contribution is -0.0132. The summed E-state index contributed by atoms with van der Waals surface area (Å²) in [5.74, 6) is 0.319. The molecule has 0 aromatic carbocycles. The van der Waals surface area contributed by atoms with E-state index in [1.165, 1.54) is 89.8 Å². The van der Waals surface area contributed by atoms with E-state index in [-0.39, 0.29) is 18.6 Å². The van der Waals surface area contributed by atoms with Crippen molar-refractivity contribution >= 4 is 41.4 Å². The summed E-state index contributed by atoms with van der Waals surface area (Å²) in [6.45, 7) is 6.40. The topological polar surface area (TPSA) is 142 Å². The van der Waals surface area contributed by atoms with Crippen molar-refractivity contribution in [1.29, 1.82) is 0 Å². The first-order chi connectivity index (χ1) is 22.7. The summed E-state index contributed by atoms with van der Waals surface area (Å²) in [5.41, 5.74) is 7.05. The third-order valence-corrected chi connectivity index (χ3v) is 10.0. The third kappa shape index (κ3) is 19.0. The number of aromatic nitrogens is 4. The predicted octanol–water partition coefficient (Wildman–Crippen LogP) is 8.52. The lowest BCUT2D eigenvalue weighted by Crippen LogP contribution is -2.19. The van der Waals surface area contributed by atoms with E-state index in [0.717, 1.165) is 13.0 Å². The first kappa shape index (κ1) is 41.3. The van der Waals surface area contributed by atoms with E-state index in [9.17, 15) is 4.79 Å². The van der Waals surface area contributed by atoms with Crippen molar-refractivity contribution in [1.82, 2.24) is 19.5 Å². The number of hydrogen-bond acceptors (Lipinski definition) is 12. The molecule has 2 heterocycles. The van der Waals surface area contributed by atoms with Crippen LogP contribution in [-0.2, 0) is 46.3 Å². The Balaban J connectivity index is 1.61. The number of nitrogens with two attached hydrogens (primary N) is 1. The lowest BCUT2D eigenvalue weighted by Gasteiger charge is -2.24. The molecule has 0 saturated carbocycles. The van der Waals surface area contributed by atoms with Gasteiger partial charge in [0.15, 0.2) is 11.5 Å². The molecule has 14 heteroatoms. The van der Waals surface area contributed by atoms with Gasteiger partial charge in [0.25, 0.3) is 0 Å². The van der Waals surface area contributed by atoms with Gasteiger partial charge in [-0.25, -0.2) is 19.7 Å². The zero-order valence-electron chi connectivity index (χ0n) is 29.2. The second-order valence-corrected chi connectivity index (χ2v) is 15.9. The molecule has 0 bridgehead atoms. The number of imidazole rings is 1. The van der Waals surface area contributed by atoms with Crippen molar-refractivity contribution in [2.75, 3.05) is 38.7 Å². The lowest BCUT2D eigenvalue weighted by atomic mass is 10.0. The number of carbonyl (C=O) groups excluding carboxylic acids is 1. The molecule has 270 valence electrons. The van der Waals surface area contributed by atoms with Crippen LogP contribution in [0, 0.1) is 0 Å². The molecule has 0 unspecified atom stereocenters. The van der Waals surface area contributed by atoms with Crippen LogP contribution in [0.4, 0.5) is 10.6 Å². The minimum atomic E-state index is -2.95. The van der Waals surface area contributed by atoms with Crippen LogP contribution in [0.3, 0.4) is 0 Å². The van der Waals surface area contributed by atoms with E-state index in [1.54, 1.807) is 20.2 Å². The molecule has 2 atom stereocenters. The van der Waals surface area contributed by atoms with E-state index >= 15 is 0 Å². The summed E-state index contributed by atoms with van der Waals surface area (Å²) < 4.78 is 35.5. The van der Waals surface area contributed by atoms with E-state index in [4.69, 9.17) is 45.5 Å². The molecule has 2 N–H and O–H groups in total. The maximum atomic E-state index is 11.8. The highest BCUT2D eigenvalue weighted by molar-refractivity contribution is 8.09. The van der Waals surface area contributed by atoms with Crippen molar-refractivity contribution in [2.45, 2.75) is 143 Å². The molecule has 0 aliphatic carbocycles. The Bertz CT molecular complexity index is 1160. The first-order valence-corrected chi connectivity index (χ1v) is 20.4. The molecular formula is C33H60N5O7PS. The summed E-state index contributed by atoms with van der Waals surface area (Å²) in [7, 11) is 0. The number of fused-ring (bicyclic) bond motifs is 1. The van der Waals surface area contributed by atoms with Crippen LogP contribution in [-0.4, -0.2) is 70.8 Å². The number of hydrogen-bond donors (Lipinski definition) is 1. The van der Waals surface area contributed by atoms with Crippen LogP contribution < -0.4 is 5.73 Å². The Labute approximate surface area is 287 Å². The molecule has 0 saturated heterocycles. The third-order valence-electron chi connectivity index (χ3n) is 7.52. The minimum absolute atomic E-state index is 0.0236. The molecule has 0 aliphatic rings. The molecule has 47 heavy (non-hydrogen) atoms. The quantitative estimate of drug-likeness (QED) is 0.0376. The zero-order chi connectivity index (χ0) is 34.2. The van der Waals surface area contributed by atoms with E-state index in [2.05, 4.69) is 21.9 Å². The molecule has 0 spiro atoms. The summed E-state index contributed by atoms with van der Waals surface area (Å²) in [6.07, 6.45) is 21.0. The maximum Gasteiger partial charge on any atom is 0.510 e. The SMILES string of the molecule is CCCCCCCCCCCCCCCCOCCCO[P@](=S)(CO[C@H](C)Cn1cnc2c(N)ncnc21)OCOC(=O)OC(C)C. The van der Waals surface area contributed by atoms with Gasteiger partial charge in [0.2, 0.25) is 13.3 Å². The van der Waals surface area contributed by atoms with Gasteiger partial charge < -0.3 is 33.8 Å². The van der Waals surface area contributed by atoms with Crippen LogP contribution in [0.15, 0.2) is 12.7 Å². The Hall–Kier alpha value is -1.89. The van der Waals surface area contributed by atoms with Gasteiger partial charge in [-0.3, -0.25) is 4.52 Å². The van der Waals surface area contributed by atoms with E-state index < -0.39 is 19.4 Å². The van der Waals surface area contributed by atoms with Crippen molar-refractivity contribution in [2.24, 2.45) is 0 Å². The van der Waals surface area contributed by atoms with E-state index in [1.807, 2.05) is 11.5 Å². The summed E-state index contributed by atoms with van der Waals surface area (Å²) in [4.78, 5) is 24.3. The Morgan fingerprint density at radius 2 is 1.47 bits per heavy atom. The van der Waals surface area contributed by atoms with Crippen LogP contribution in [0.5, 0.6) is 0 Å². The van der Waals surface area contributed by atoms with Gasteiger partial charge in [0, 0.05) is 13.2 Å². The van der Waals surface area contributed by atoms with E-state index in [0.29, 0.717) is 43.2 Å². The molecule has 0 aliphatic heterocycles. The zero-order valence-corrected chi connectivity index (χ0v) is 30.9. The fourth-order valence-electron chi connectivity index (χ4n) is 4.94. The first-order valence-electron chi connectivity index (χ1n) is 17.6.